The van der Waals surface area contributed by atoms with Crippen LogP contribution in [0, 0.1) is 13.8 Å². The van der Waals surface area contributed by atoms with Gasteiger partial charge in [0.05, 0.1) is 17.4 Å². The number of nitrogens with zero attached hydrogens (tertiary/aromatic N) is 3. The summed E-state index contributed by atoms with van der Waals surface area (Å²) >= 11 is 0. The van der Waals surface area contributed by atoms with Crippen molar-refractivity contribution in [1.29, 1.82) is 0 Å². The van der Waals surface area contributed by atoms with Gasteiger partial charge in [0, 0.05) is 36.8 Å². The van der Waals surface area contributed by atoms with Crippen molar-refractivity contribution in [2.75, 3.05) is 16.8 Å². The van der Waals surface area contributed by atoms with E-state index in [1.54, 1.807) is 11.1 Å². The van der Waals surface area contributed by atoms with E-state index < -0.39 is 0 Å². The Balaban J connectivity index is 1.57. The molecule has 1 aliphatic heterocycles. The lowest BCUT2D eigenvalue weighted by Gasteiger charge is -2.20. The van der Waals surface area contributed by atoms with Crippen molar-refractivity contribution in [3.05, 3.63) is 81.5 Å². The Labute approximate surface area is 175 Å². The minimum Gasteiger partial charge on any atom is -0.348 e. The molecule has 2 atom stereocenters. The van der Waals surface area contributed by atoms with Gasteiger partial charge >= 0.3 is 0 Å². The normalized spacial score (nSPS) is 17.2. The highest BCUT2D eigenvalue weighted by Gasteiger charge is 2.33. The molecule has 0 spiro atoms. The number of hydrogen-bond donors (Lipinski definition) is 2. The lowest BCUT2D eigenvalue weighted by Crippen LogP contribution is -2.25. The van der Waals surface area contributed by atoms with Gasteiger partial charge in [-0.15, -0.1) is 0 Å². The molecule has 0 aliphatic carbocycles. The Kier molecular flexibility index (Phi) is 5.35. The number of H-pyrrole nitrogens is 1. The van der Waals surface area contributed by atoms with Crippen LogP contribution in [0.1, 0.15) is 47.8 Å². The zero-order chi connectivity index (χ0) is 21.3. The zero-order valence-corrected chi connectivity index (χ0v) is 17.3. The van der Waals surface area contributed by atoms with Crippen LogP contribution in [-0.2, 0) is 4.79 Å². The van der Waals surface area contributed by atoms with E-state index in [2.05, 4.69) is 20.3 Å². The van der Waals surface area contributed by atoms with Gasteiger partial charge in [-0.25, -0.2) is 4.98 Å². The summed E-state index contributed by atoms with van der Waals surface area (Å²) in [4.78, 5) is 38.5. The van der Waals surface area contributed by atoms with E-state index in [0.29, 0.717) is 24.6 Å². The van der Waals surface area contributed by atoms with Crippen LogP contribution in [-0.4, -0.2) is 27.4 Å². The fourth-order valence-electron chi connectivity index (χ4n) is 3.83. The molecule has 30 heavy (non-hydrogen) atoms. The molecule has 7 heteroatoms. The number of rotatable bonds is 5. The van der Waals surface area contributed by atoms with E-state index in [-0.39, 0.29) is 23.4 Å². The molecule has 0 bridgehead atoms. The topological polar surface area (TPSA) is 91.0 Å². The average Bonchev–Trinajstić information content (AvgIpc) is 3.12. The van der Waals surface area contributed by atoms with E-state index in [1.165, 1.54) is 6.07 Å². The maximum atomic E-state index is 12.7. The standard InChI is InChI=1S/C23H25N5O2/c1-14-7-6-9-20(15(14)2)28-13-17(11-22(28)30)19-12-21(29)27-23(26-19)25-16(3)18-8-4-5-10-24-18/h4-10,12,16-17H,11,13H2,1-3H3,(H2,25,26,27,29). The van der Waals surface area contributed by atoms with Crippen molar-refractivity contribution in [2.24, 2.45) is 0 Å². The van der Waals surface area contributed by atoms with Crippen LogP contribution < -0.4 is 15.8 Å². The number of anilines is 2. The molecule has 0 saturated carbocycles. The summed E-state index contributed by atoms with van der Waals surface area (Å²) in [6, 6.07) is 13.0. The SMILES string of the molecule is Cc1cccc(N2CC(c3cc(=O)[nH]c(NC(C)c4ccccn4)n3)CC2=O)c1C. The second kappa shape index (κ2) is 8.10. The van der Waals surface area contributed by atoms with E-state index >= 15 is 0 Å². The Morgan fingerprint density at radius 1 is 1.17 bits per heavy atom. The van der Waals surface area contributed by atoms with Crippen molar-refractivity contribution in [3.8, 4) is 0 Å². The summed E-state index contributed by atoms with van der Waals surface area (Å²) in [6.07, 6.45) is 2.06. The smallest absolute Gasteiger partial charge is 0.252 e. The number of aromatic amines is 1. The van der Waals surface area contributed by atoms with Gasteiger partial charge in [-0.1, -0.05) is 18.2 Å². The zero-order valence-electron chi connectivity index (χ0n) is 17.3. The number of amides is 1. The number of aryl methyl sites for hydroxylation is 1. The predicted octanol–water partition coefficient (Wildman–Crippen LogP) is 3.48. The summed E-state index contributed by atoms with van der Waals surface area (Å²) in [6.45, 7) is 6.53. The van der Waals surface area contributed by atoms with Gasteiger partial charge in [0.15, 0.2) is 0 Å². The van der Waals surface area contributed by atoms with Gasteiger partial charge in [0.2, 0.25) is 11.9 Å². The third-order valence-electron chi connectivity index (χ3n) is 5.66. The molecule has 0 radical (unpaired) electrons. The first kappa shape index (κ1) is 19.8. The van der Waals surface area contributed by atoms with Gasteiger partial charge in [0.25, 0.3) is 5.56 Å². The van der Waals surface area contributed by atoms with Crippen LogP contribution in [0.5, 0.6) is 0 Å². The molecule has 7 nitrogen and oxygen atoms in total. The number of benzene rings is 1. The summed E-state index contributed by atoms with van der Waals surface area (Å²) in [5, 5.41) is 3.21. The van der Waals surface area contributed by atoms with Crippen LogP contribution in [0.4, 0.5) is 11.6 Å². The van der Waals surface area contributed by atoms with Gasteiger partial charge in [0.1, 0.15) is 0 Å². The number of hydrogen-bond acceptors (Lipinski definition) is 5. The quantitative estimate of drug-likeness (QED) is 0.681. The summed E-state index contributed by atoms with van der Waals surface area (Å²) in [7, 11) is 0. The fraction of sp³-hybridized carbons (Fsp3) is 0.304. The third-order valence-corrected chi connectivity index (χ3v) is 5.66. The molecule has 1 amide bonds. The third kappa shape index (κ3) is 3.96. The van der Waals surface area contributed by atoms with Crippen LogP contribution in [0.15, 0.2) is 53.5 Å². The number of aromatic nitrogens is 3. The Morgan fingerprint density at radius 3 is 2.77 bits per heavy atom. The highest BCUT2D eigenvalue weighted by atomic mass is 16.2. The summed E-state index contributed by atoms with van der Waals surface area (Å²) in [5.41, 5.74) is 4.39. The Bertz CT molecular complexity index is 1130. The number of carbonyl (C=O) groups is 1. The van der Waals surface area contributed by atoms with E-state index in [9.17, 15) is 9.59 Å². The number of pyridine rings is 1. The van der Waals surface area contributed by atoms with Crippen molar-refractivity contribution < 1.29 is 4.79 Å². The number of carbonyl (C=O) groups excluding carboxylic acids is 1. The second-order valence-electron chi connectivity index (χ2n) is 7.76. The van der Waals surface area contributed by atoms with E-state index in [1.807, 2.05) is 57.2 Å². The van der Waals surface area contributed by atoms with Crippen molar-refractivity contribution >= 4 is 17.5 Å². The first-order valence-corrected chi connectivity index (χ1v) is 10.1. The highest BCUT2D eigenvalue weighted by molar-refractivity contribution is 5.97. The van der Waals surface area contributed by atoms with Crippen LogP contribution in [0.2, 0.25) is 0 Å². The summed E-state index contributed by atoms with van der Waals surface area (Å²) in [5.74, 6) is 0.297. The molecule has 2 N–H and O–H groups in total. The van der Waals surface area contributed by atoms with E-state index in [4.69, 9.17) is 0 Å². The minimum absolute atomic E-state index is 0.0483. The molecule has 1 fully saturated rings. The molecule has 4 rings (SSSR count). The maximum Gasteiger partial charge on any atom is 0.252 e. The monoisotopic (exact) mass is 403 g/mol. The van der Waals surface area contributed by atoms with Crippen LogP contribution in [0.25, 0.3) is 0 Å². The highest BCUT2D eigenvalue weighted by Crippen LogP contribution is 2.33. The summed E-state index contributed by atoms with van der Waals surface area (Å²) < 4.78 is 0. The Morgan fingerprint density at radius 2 is 2.00 bits per heavy atom. The molecule has 2 aromatic heterocycles. The van der Waals surface area contributed by atoms with Gasteiger partial charge in [-0.3, -0.25) is 19.6 Å². The largest absolute Gasteiger partial charge is 0.348 e. The van der Waals surface area contributed by atoms with Crippen LogP contribution in [0.3, 0.4) is 0 Å². The van der Waals surface area contributed by atoms with Gasteiger partial charge in [-0.05, 0) is 50.1 Å². The number of nitrogens with one attached hydrogen (secondary N) is 2. The first-order valence-electron chi connectivity index (χ1n) is 10.1. The average molecular weight is 403 g/mol. The molecule has 1 saturated heterocycles. The molecule has 1 aliphatic rings. The van der Waals surface area contributed by atoms with E-state index in [0.717, 1.165) is 22.5 Å². The minimum atomic E-state index is -0.242. The molecule has 2 unspecified atom stereocenters. The molecule has 3 aromatic rings. The molecule has 3 heterocycles. The molecule has 1 aromatic carbocycles. The van der Waals surface area contributed by atoms with Crippen molar-refractivity contribution in [2.45, 2.75) is 39.2 Å². The van der Waals surface area contributed by atoms with Gasteiger partial charge in [-0.2, -0.15) is 0 Å². The van der Waals surface area contributed by atoms with Gasteiger partial charge < -0.3 is 10.2 Å². The van der Waals surface area contributed by atoms with Crippen molar-refractivity contribution in [1.82, 2.24) is 15.0 Å². The fourth-order valence-corrected chi connectivity index (χ4v) is 3.83. The lowest BCUT2D eigenvalue weighted by molar-refractivity contribution is -0.117. The predicted molar refractivity (Wildman–Crippen MR) is 117 cm³/mol. The van der Waals surface area contributed by atoms with Crippen molar-refractivity contribution in [3.63, 3.8) is 0 Å². The lowest BCUT2D eigenvalue weighted by atomic mass is 10.0. The maximum absolute atomic E-state index is 12.7. The molecule has 154 valence electrons. The molecular formula is C23H25N5O2. The van der Waals surface area contributed by atoms with Crippen LogP contribution >= 0.6 is 0 Å². The Hall–Kier alpha value is -3.48. The first-order chi connectivity index (χ1) is 14.4. The second-order valence-corrected chi connectivity index (χ2v) is 7.76. The molecular weight excluding hydrogens is 378 g/mol.